The van der Waals surface area contributed by atoms with Crippen molar-refractivity contribution >= 4 is 8.80 Å². The Labute approximate surface area is 191 Å². The van der Waals surface area contributed by atoms with Crippen molar-refractivity contribution in [2.75, 3.05) is 33.0 Å². The second kappa shape index (κ2) is 15.0. The molecule has 6 heteroatoms. The minimum Gasteiger partial charge on any atom is -0.494 e. The van der Waals surface area contributed by atoms with Crippen LogP contribution in [0.15, 0.2) is 24.3 Å². The zero-order valence-corrected chi connectivity index (χ0v) is 21.2. The molecular weight excluding hydrogens is 408 g/mol. The van der Waals surface area contributed by atoms with Crippen LogP contribution in [0.2, 0.25) is 6.04 Å². The summed E-state index contributed by atoms with van der Waals surface area (Å²) >= 11 is 0. The first kappa shape index (κ1) is 26.3. The van der Waals surface area contributed by atoms with Gasteiger partial charge in [0.2, 0.25) is 0 Å². The molecule has 1 fully saturated rings. The fourth-order valence-electron chi connectivity index (χ4n) is 4.27. The van der Waals surface area contributed by atoms with Crippen molar-refractivity contribution in [2.45, 2.75) is 90.7 Å². The molecule has 1 saturated carbocycles. The van der Waals surface area contributed by atoms with Crippen molar-refractivity contribution in [3.63, 3.8) is 0 Å². The largest absolute Gasteiger partial charge is 0.501 e. The van der Waals surface area contributed by atoms with Crippen LogP contribution in [0, 0.1) is 0 Å². The fraction of sp³-hybridized carbons (Fsp3) is 0.760. The van der Waals surface area contributed by atoms with Crippen LogP contribution in [-0.2, 0) is 18.0 Å². The van der Waals surface area contributed by atoms with E-state index in [1.54, 1.807) is 0 Å². The molecule has 2 rings (SSSR count). The molecule has 1 aliphatic rings. The van der Waals surface area contributed by atoms with Crippen LogP contribution in [0.1, 0.15) is 84.1 Å². The van der Waals surface area contributed by atoms with Gasteiger partial charge in [-0.25, -0.2) is 0 Å². The Balaban J connectivity index is 1.69. The number of benzene rings is 1. The van der Waals surface area contributed by atoms with Gasteiger partial charge in [0.25, 0.3) is 0 Å². The minimum atomic E-state index is -2.54. The summed E-state index contributed by atoms with van der Waals surface area (Å²) in [4.78, 5) is 0. The van der Waals surface area contributed by atoms with Crippen LogP contribution in [0.3, 0.4) is 0 Å². The van der Waals surface area contributed by atoms with E-state index in [0.29, 0.717) is 31.8 Å². The molecule has 0 N–H and O–H groups in total. The molecule has 1 aromatic rings. The topological polar surface area (TPSA) is 46.2 Å². The van der Waals surface area contributed by atoms with E-state index in [4.69, 9.17) is 22.8 Å². The van der Waals surface area contributed by atoms with Crippen molar-refractivity contribution in [1.82, 2.24) is 0 Å². The third kappa shape index (κ3) is 9.22. The van der Waals surface area contributed by atoms with Crippen LogP contribution in [0.5, 0.6) is 5.75 Å². The molecule has 31 heavy (non-hydrogen) atoms. The molecule has 0 atom stereocenters. The van der Waals surface area contributed by atoms with Gasteiger partial charge in [-0.05, 0) is 82.9 Å². The highest BCUT2D eigenvalue weighted by Crippen LogP contribution is 2.35. The lowest BCUT2D eigenvalue weighted by Crippen LogP contribution is -2.46. The maximum Gasteiger partial charge on any atom is 0.501 e. The number of hydrogen-bond donors (Lipinski definition) is 0. The molecular formula is C25H44O5Si. The Kier molecular flexibility index (Phi) is 12.7. The van der Waals surface area contributed by atoms with Gasteiger partial charge < -0.3 is 22.8 Å². The highest BCUT2D eigenvalue weighted by atomic mass is 28.4. The Hall–Kier alpha value is -0.923. The lowest BCUT2D eigenvalue weighted by atomic mass is 9.83. The predicted molar refractivity (Wildman–Crippen MR) is 128 cm³/mol. The van der Waals surface area contributed by atoms with E-state index in [1.807, 2.05) is 20.8 Å². The van der Waals surface area contributed by atoms with Crippen molar-refractivity contribution in [2.24, 2.45) is 0 Å². The molecule has 0 spiro atoms. The summed E-state index contributed by atoms with van der Waals surface area (Å²) in [7, 11) is -2.54. The van der Waals surface area contributed by atoms with E-state index in [1.165, 1.54) is 18.4 Å². The van der Waals surface area contributed by atoms with E-state index < -0.39 is 8.80 Å². The lowest BCUT2D eigenvalue weighted by molar-refractivity contribution is 0.0202. The first-order valence-corrected chi connectivity index (χ1v) is 14.4. The third-order valence-electron chi connectivity index (χ3n) is 5.87. The Morgan fingerprint density at radius 3 is 1.94 bits per heavy atom. The molecule has 1 aromatic carbocycles. The predicted octanol–water partition coefficient (Wildman–Crippen LogP) is 6.35. The van der Waals surface area contributed by atoms with E-state index >= 15 is 0 Å². The average Bonchev–Trinajstić information content (AvgIpc) is 2.78. The Morgan fingerprint density at radius 1 is 0.774 bits per heavy atom. The maximum absolute atomic E-state index is 6.21. The number of rotatable bonds is 16. The van der Waals surface area contributed by atoms with Gasteiger partial charge in [0.15, 0.2) is 0 Å². The summed E-state index contributed by atoms with van der Waals surface area (Å²) in [5, 5.41) is 0. The van der Waals surface area contributed by atoms with Gasteiger partial charge in [0.05, 0.1) is 12.7 Å². The lowest BCUT2D eigenvalue weighted by Gasteiger charge is -2.30. The molecule has 0 aromatic heterocycles. The van der Waals surface area contributed by atoms with Crippen LogP contribution < -0.4 is 4.74 Å². The molecule has 178 valence electrons. The highest BCUT2D eigenvalue weighted by molar-refractivity contribution is 6.60. The van der Waals surface area contributed by atoms with Crippen molar-refractivity contribution in [3.8, 4) is 5.75 Å². The maximum atomic E-state index is 6.21. The van der Waals surface area contributed by atoms with Gasteiger partial charge in [-0.3, -0.25) is 0 Å². The standard InChI is InChI=1S/C25H44O5Si/c1-5-9-19-26-24-15-11-22(12-16-24)23-13-17-25(18-14-23)27-20-10-21-31(28-6-2,29-7-3)30-8-4/h11-12,15-16,23,25H,5-10,13-14,17-21H2,1-4H3/t23-,25-. The molecule has 0 bridgehead atoms. The molecule has 5 nitrogen and oxygen atoms in total. The van der Waals surface area contributed by atoms with Gasteiger partial charge in [-0.1, -0.05) is 25.5 Å². The highest BCUT2D eigenvalue weighted by Gasteiger charge is 2.39. The van der Waals surface area contributed by atoms with Crippen LogP contribution in [-0.4, -0.2) is 47.9 Å². The molecule has 0 amide bonds. The van der Waals surface area contributed by atoms with E-state index in [-0.39, 0.29) is 0 Å². The molecule has 0 saturated heterocycles. The van der Waals surface area contributed by atoms with E-state index in [9.17, 15) is 0 Å². The normalized spacial score (nSPS) is 19.5. The molecule has 0 aliphatic heterocycles. The minimum absolute atomic E-state index is 0.371. The van der Waals surface area contributed by atoms with Gasteiger partial charge in [0, 0.05) is 32.5 Å². The molecule has 0 heterocycles. The van der Waals surface area contributed by atoms with Crippen LogP contribution in [0.25, 0.3) is 0 Å². The summed E-state index contributed by atoms with van der Waals surface area (Å²) in [6.45, 7) is 11.6. The molecule has 0 radical (unpaired) electrons. The second-order valence-electron chi connectivity index (χ2n) is 8.20. The van der Waals surface area contributed by atoms with Crippen molar-refractivity contribution in [3.05, 3.63) is 29.8 Å². The number of hydrogen-bond acceptors (Lipinski definition) is 5. The zero-order chi connectivity index (χ0) is 22.4. The van der Waals surface area contributed by atoms with E-state index in [2.05, 4.69) is 31.2 Å². The average molecular weight is 453 g/mol. The summed E-state index contributed by atoms with van der Waals surface area (Å²) in [6.07, 6.45) is 8.21. The van der Waals surface area contributed by atoms with E-state index in [0.717, 1.165) is 57.1 Å². The molecule has 1 aliphatic carbocycles. The monoisotopic (exact) mass is 452 g/mol. The summed E-state index contributed by atoms with van der Waals surface area (Å²) < 4.78 is 29.8. The van der Waals surface area contributed by atoms with Crippen molar-refractivity contribution in [1.29, 1.82) is 0 Å². The Morgan fingerprint density at radius 2 is 1.39 bits per heavy atom. The Bertz CT molecular complexity index is 555. The summed E-state index contributed by atoms with van der Waals surface area (Å²) in [5.74, 6) is 1.62. The first-order chi connectivity index (χ1) is 15.2. The van der Waals surface area contributed by atoms with Gasteiger partial charge >= 0.3 is 8.80 Å². The summed E-state index contributed by atoms with van der Waals surface area (Å²) in [6, 6.07) is 9.56. The summed E-state index contributed by atoms with van der Waals surface area (Å²) in [5.41, 5.74) is 1.43. The third-order valence-corrected chi connectivity index (χ3v) is 9.02. The zero-order valence-electron chi connectivity index (χ0n) is 20.2. The number of unbranched alkanes of at least 4 members (excludes halogenated alkanes) is 1. The fourth-order valence-corrected chi connectivity index (χ4v) is 6.85. The van der Waals surface area contributed by atoms with Crippen LogP contribution >= 0.6 is 0 Å². The first-order valence-electron chi connectivity index (χ1n) is 12.4. The van der Waals surface area contributed by atoms with Gasteiger partial charge in [0.1, 0.15) is 5.75 Å². The number of ether oxygens (including phenoxy) is 2. The van der Waals surface area contributed by atoms with Crippen molar-refractivity contribution < 1.29 is 22.8 Å². The molecule has 0 unspecified atom stereocenters. The quantitative estimate of drug-likeness (QED) is 0.216. The van der Waals surface area contributed by atoms with Crippen LogP contribution in [0.4, 0.5) is 0 Å². The van der Waals surface area contributed by atoms with Gasteiger partial charge in [-0.2, -0.15) is 0 Å². The smallest absolute Gasteiger partial charge is 0.494 e. The van der Waals surface area contributed by atoms with Gasteiger partial charge in [-0.15, -0.1) is 0 Å². The second-order valence-corrected chi connectivity index (χ2v) is 10.9. The SMILES string of the molecule is CCCCOc1ccc([C@H]2CC[C@H](OCCC[Si](OCC)(OCC)OCC)CC2)cc1.